The van der Waals surface area contributed by atoms with Crippen molar-refractivity contribution in [3.05, 3.63) is 42.0 Å². The van der Waals surface area contributed by atoms with Crippen LogP contribution in [0.3, 0.4) is 0 Å². The Kier molecular flexibility index (Phi) is 3.19. The van der Waals surface area contributed by atoms with Crippen molar-refractivity contribution < 1.29 is 0 Å². The summed E-state index contributed by atoms with van der Waals surface area (Å²) in [6.45, 7) is 2.83. The second-order valence-corrected chi connectivity index (χ2v) is 3.77. The van der Waals surface area contributed by atoms with Crippen LogP contribution < -0.4 is 5.32 Å². The number of benzene rings is 1. The van der Waals surface area contributed by atoms with Gasteiger partial charge < -0.3 is 9.88 Å². The van der Waals surface area contributed by atoms with Gasteiger partial charge in [-0.15, -0.1) is 10.2 Å². The van der Waals surface area contributed by atoms with Gasteiger partial charge in [-0.05, 0) is 19.1 Å². The average Bonchev–Trinajstić information content (AvgIpc) is 2.62. The summed E-state index contributed by atoms with van der Waals surface area (Å²) in [5, 5.41) is 11.5. The van der Waals surface area contributed by atoms with Gasteiger partial charge in [0.2, 0.25) is 0 Å². The number of nitrogens with zero attached hydrogens (tertiary/aromatic N) is 3. The van der Waals surface area contributed by atoms with Gasteiger partial charge in [0.15, 0.2) is 0 Å². The van der Waals surface area contributed by atoms with Crippen LogP contribution in [0.25, 0.3) is 0 Å². The quantitative estimate of drug-likeness (QED) is 0.847. The smallest absolute Gasteiger partial charge is 0.134 e. The molecule has 4 heteroatoms. The molecule has 1 aromatic heterocycles. The summed E-state index contributed by atoms with van der Waals surface area (Å²) in [4.78, 5) is 0. The highest BCUT2D eigenvalue weighted by atomic mass is 15.3. The first kappa shape index (κ1) is 10.7. The van der Waals surface area contributed by atoms with Gasteiger partial charge in [-0.2, -0.15) is 0 Å². The summed E-state index contributed by atoms with van der Waals surface area (Å²) in [5.74, 6) is 1.97. The molecule has 4 nitrogen and oxygen atoms in total. The van der Waals surface area contributed by atoms with E-state index in [1.807, 2.05) is 36.7 Å². The molecule has 84 valence electrons. The third-order valence-corrected chi connectivity index (χ3v) is 2.63. The largest absolute Gasteiger partial charge is 0.385 e. The van der Waals surface area contributed by atoms with Crippen LogP contribution in [0.5, 0.6) is 0 Å². The number of para-hydroxylation sites is 1. The summed E-state index contributed by atoms with van der Waals surface area (Å²) >= 11 is 0. The molecule has 0 aliphatic rings. The standard InChI is InChI=1S/C12H16N4/c1-10-14-15-12(16(10)2)8-9-13-11-6-4-3-5-7-11/h3-7,13H,8-9H2,1-2H3. The minimum Gasteiger partial charge on any atom is -0.385 e. The van der Waals surface area contributed by atoms with E-state index >= 15 is 0 Å². The average molecular weight is 216 g/mol. The summed E-state index contributed by atoms with van der Waals surface area (Å²) in [7, 11) is 1.99. The van der Waals surface area contributed by atoms with Gasteiger partial charge >= 0.3 is 0 Å². The Hall–Kier alpha value is -1.84. The van der Waals surface area contributed by atoms with E-state index in [1.165, 1.54) is 0 Å². The molecule has 0 saturated heterocycles. The van der Waals surface area contributed by atoms with E-state index in [2.05, 4.69) is 27.6 Å². The summed E-state index contributed by atoms with van der Waals surface area (Å²) in [5.41, 5.74) is 1.14. The molecule has 1 N–H and O–H groups in total. The van der Waals surface area contributed by atoms with Crippen LogP contribution in [-0.4, -0.2) is 21.3 Å². The lowest BCUT2D eigenvalue weighted by Crippen LogP contribution is -2.09. The molecule has 0 spiro atoms. The Morgan fingerprint density at radius 1 is 1.19 bits per heavy atom. The van der Waals surface area contributed by atoms with Crippen molar-refractivity contribution in [2.75, 3.05) is 11.9 Å². The van der Waals surface area contributed by atoms with E-state index < -0.39 is 0 Å². The number of nitrogens with one attached hydrogen (secondary N) is 1. The second-order valence-electron chi connectivity index (χ2n) is 3.77. The molecule has 0 aliphatic heterocycles. The van der Waals surface area contributed by atoms with E-state index in [4.69, 9.17) is 0 Å². The van der Waals surface area contributed by atoms with Gasteiger partial charge in [0.25, 0.3) is 0 Å². The highest BCUT2D eigenvalue weighted by molar-refractivity contribution is 5.42. The normalized spacial score (nSPS) is 10.4. The monoisotopic (exact) mass is 216 g/mol. The number of hydrogen-bond donors (Lipinski definition) is 1. The predicted molar refractivity (Wildman–Crippen MR) is 64.4 cm³/mol. The zero-order chi connectivity index (χ0) is 11.4. The number of hydrogen-bond acceptors (Lipinski definition) is 3. The molecule has 16 heavy (non-hydrogen) atoms. The van der Waals surface area contributed by atoms with Gasteiger partial charge in [0.05, 0.1) is 0 Å². The van der Waals surface area contributed by atoms with E-state index in [9.17, 15) is 0 Å². The number of aromatic nitrogens is 3. The molecular formula is C12H16N4. The van der Waals surface area contributed by atoms with Crippen molar-refractivity contribution in [1.29, 1.82) is 0 Å². The third-order valence-electron chi connectivity index (χ3n) is 2.63. The fourth-order valence-corrected chi connectivity index (χ4v) is 1.54. The maximum atomic E-state index is 4.12. The Balaban J connectivity index is 1.87. The maximum absolute atomic E-state index is 4.12. The Labute approximate surface area is 95.3 Å². The van der Waals surface area contributed by atoms with Gasteiger partial charge in [-0.1, -0.05) is 18.2 Å². The maximum Gasteiger partial charge on any atom is 0.134 e. The van der Waals surface area contributed by atoms with E-state index in [-0.39, 0.29) is 0 Å². The molecule has 0 fully saturated rings. The van der Waals surface area contributed by atoms with Gasteiger partial charge in [0, 0.05) is 25.7 Å². The number of anilines is 1. The topological polar surface area (TPSA) is 42.7 Å². The van der Waals surface area contributed by atoms with E-state index in [1.54, 1.807) is 0 Å². The molecule has 0 bridgehead atoms. The van der Waals surface area contributed by atoms with Crippen molar-refractivity contribution in [2.45, 2.75) is 13.3 Å². The zero-order valence-electron chi connectivity index (χ0n) is 9.64. The number of aryl methyl sites for hydroxylation is 1. The zero-order valence-corrected chi connectivity index (χ0v) is 9.64. The summed E-state index contributed by atoms with van der Waals surface area (Å²) in [6, 6.07) is 10.2. The highest BCUT2D eigenvalue weighted by Crippen LogP contribution is 2.05. The molecule has 0 atom stereocenters. The molecule has 0 unspecified atom stereocenters. The highest BCUT2D eigenvalue weighted by Gasteiger charge is 2.03. The van der Waals surface area contributed by atoms with E-state index in [0.717, 1.165) is 30.3 Å². The van der Waals surface area contributed by atoms with Crippen molar-refractivity contribution in [1.82, 2.24) is 14.8 Å². The van der Waals surface area contributed by atoms with Crippen molar-refractivity contribution >= 4 is 5.69 Å². The molecule has 2 aromatic rings. The molecule has 0 saturated carbocycles. The molecule has 2 rings (SSSR count). The lowest BCUT2D eigenvalue weighted by Gasteiger charge is -2.05. The molecule has 1 aromatic carbocycles. The van der Waals surface area contributed by atoms with Crippen LogP contribution in [0, 0.1) is 6.92 Å². The Morgan fingerprint density at radius 3 is 2.56 bits per heavy atom. The van der Waals surface area contributed by atoms with Gasteiger partial charge in [0.1, 0.15) is 11.6 Å². The number of rotatable bonds is 4. The Bertz CT molecular complexity index is 447. The van der Waals surface area contributed by atoms with Gasteiger partial charge in [-0.3, -0.25) is 0 Å². The fraction of sp³-hybridized carbons (Fsp3) is 0.333. The first-order chi connectivity index (χ1) is 7.77. The Morgan fingerprint density at radius 2 is 1.94 bits per heavy atom. The molecular weight excluding hydrogens is 200 g/mol. The summed E-state index contributed by atoms with van der Waals surface area (Å²) < 4.78 is 2.02. The third kappa shape index (κ3) is 2.39. The van der Waals surface area contributed by atoms with Crippen LogP contribution in [0.4, 0.5) is 5.69 Å². The van der Waals surface area contributed by atoms with Crippen molar-refractivity contribution in [2.24, 2.45) is 7.05 Å². The molecule has 0 aliphatic carbocycles. The molecule has 0 radical (unpaired) electrons. The van der Waals surface area contributed by atoms with Crippen LogP contribution >= 0.6 is 0 Å². The van der Waals surface area contributed by atoms with Crippen LogP contribution in [0.15, 0.2) is 30.3 Å². The van der Waals surface area contributed by atoms with Crippen molar-refractivity contribution in [3.8, 4) is 0 Å². The van der Waals surface area contributed by atoms with Crippen LogP contribution in [0.1, 0.15) is 11.6 Å². The van der Waals surface area contributed by atoms with Crippen LogP contribution in [0.2, 0.25) is 0 Å². The molecule has 1 heterocycles. The van der Waals surface area contributed by atoms with Gasteiger partial charge in [-0.25, -0.2) is 0 Å². The lowest BCUT2D eigenvalue weighted by molar-refractivity contribution is 0.771. The minimum atomic E-state index is 0.871. The van der Waals surface area contributed by atoms with Crippen molar-refractivity contribution in [3.63, 3.8) is 0 Å². The first-order valence-electron chi connectivity index (χ1n) is 5.41. The predicted octanol–water partition coefficient (Wildman–Crippen LogP) is 1.78. The first-order valence-corrected chi connectivity index (χ1v) is 5.41. The minimum absolute atomic E-state index is 0.871. The van der Waals surface area contributed by atoms with E-state index in [0.29, 0.717) is 0 Å². The lowest BCUT2D eigenvalue weighted by atomic mass is 10.3. The second kappa shape index (κ2) is 4.79. The summed E-state index contributed by atoms with van der Waals surface area (Å²) in [6.07, 6.45) is 0.881. The SMILES string of the molecule is Cc1nnc(CCNc2ccccc2)n1C. The fourth-order valence-electron chi connectivity index (χ4n) is 1.54. The van der Waals surface area contributed by atoms with Crippen LogP contribution in [-0.2, 0) is 13.5 Å². The molecule has 0 amide bonds.